The molecule has 0 saturated heterocycles. The molecule has 1 N–H and O–H groups in total. The van der Waals surface area contributed by atoms with E-state index in [-0.39, 0.29) is 17.7 Å². The molecule has 3 rings (SSSR count). The number of para-hydroxylation sites is 1. The van der Waals surface area contributed by atoms with Gasteiger partial charge in [-0.1, -0.05) is 26.0 Å². The second kappa shape index (κ2) is 6.63. The maximum absolute atomic E-state index is 13.8. The zero-order chi connectivity index (χ0) is 17.3. The van der Waals surface area contributed by atoms with Crippen LogP contribution in [0.5, 0.6) is 5.75 Å². The van der Waals surface area contributed by atoms with Crippen molar-refractivity contribution in [1.29, 1.82) is 0 Å². The zero-order valence-corrected chi connectivity index (χ0v) is 14.2. The molecule has 5 nitrogen and oxygen atoms in total. The number of amides is 1. The molecule has 1 aromatic heterocycles. The van der Waals surface area contributed by atoms with Crippen LogP contribution < -0.4 is 10.1 Å². The van der Waals surface area contributed by atoms with Crippen LogP contribution in [0.1, 0.15) is 47.9 Å². The zero-order valence-electron chi connectivity index (χ0n) is 14.2. The molecule has 1 atom stereocenters. The molecule has 1 aliphatic rings. The largest absolute Gasteiger partial charge is 0.490 e. The standard InChI is InChI=1S/C18H22FN3O2/c1-11(2)10-22-12(3)14(9-20-22)18(23)21-16-7-8-24-17-13(16)5-4-6-15(17)19/h4-6,9,11,16H,7-8,10H2,1-3H3,(H,21,23)/t16-/m0/s1. The molecule has 0 saturated carbocycles. The van der Waals surface area contributed by atoms with Gasteiger partial charge in [0.25, 0.3) is 5.91 Å². The number of benzene rings is 1. The molecule has 128 valence electrons. The van der Waals surface area contributed by atoms with Gasteiger partial charge in [0.1, 0.15) is 0 Å². The number of ether oxygens (including phenoxy) is 1. The maximum Gasteiger partial charge on any atom is 0.255 e. The lowest BCUT2D eigenvalue weighted by Gasteiger charge is -2.26. The van der Waals surface area contributed by atoms with E-state index in [0.717, 1.165) is 12.2 Å². The molecular formula is C18H22FN3O2. The Balaban J connectivity index is 1.80. The molecule has 0 fully saturated rings. The summed E-state index contributed by atoms with van der Waals surface area (Å²) in [7, 11) is 0. The van der Waals surface area contributed by atoms with Gasteiger partial charge in [-0.15, -0.1) is 0 Å². The predicted octanol–water partition coefficient (Wildman–Crippen LogP) is 3.24. The number of fused-ring (bicyclic) bond motifs is 1. The lowest BCUT2D eigenvalue weighted by atomic mass is 10.00. The van der Waals surface area contributed by atoms with Crippen LogP contribution in [0.15, 0.2) is 24.4 Å². The summed E-state index contributed by atoms with van der Waals surface area (Å²) in [5.74, 6) is 0.100. The highest BCUT2D eigenvalue weighted by atomic mass is 19.1. The smallest absolute Gasteiger partial charge is 0.255 e. The average Bonchev–Trinajstić information content (AvgIpc) is 2.89. The van der Waals surface area contributed by atoms with Gasteiger partial charge in [-0.25, -0.2) is 4.39 Å². The van der Waals surface area contributed by atoms with E-state index >= 15 is 0 Å². The monoisotopic (exact) mass is 331 g/mol. The Labute approximate surface area is 140 Å². The highest BCUT2D eigenvalue weighted by molar-refractivity contribution is 5.95. The number of hydrogen-bond donors (Lipinski definition) is 1. The van der Waals surface area contributed by atoms with E-state index in [1.165, 1.54) is 6.07 Å². The molecule has 0 bridgehead atoms. The summed E-state index contributed by atoms with van der Waals surface area (Å²) in [5, 5.41) is 7.29. The van der Waals surface area contributed by atoms with E-state index in [0.29, 0.717) is 30.1 Å². The molecule has 0 radical (unpaired) electrons. The van der Waals surface area contributed by atoms with Gasteiger partial charge < -0.3 is 10.1 Å². The first-order valence-corrected chi connectivity index (χ1v) is 8.22. The Hall–Kier alpha value is -2.37. The van der Waals surface area contributed by atoms with E-state index in [9.17, 15) is 9.18 Å². The van der Waals surface area contributed by atoms with Crippen molar-refractivity contribution in [3.63, 3.8) is 0 Å². The first-order valence-electron chi connectivity index (χ1n) is 8.22. The summed E-state index contributed by atoms with van der Waals surface area (Å²) >= 11 is 0. The molecule has 6 heteroatoms. The number of carbonyl (C=O) groups is 1. The first kappa shape index (κ1) is 16.5. The quantitative estimate of drug-likeness (QED) is 0.936. The van der Waals surface area contributed by atoms with Crippen molar-refractivity contribution >= 4 is 5.91 Å². The van der Waals surface area contributed by atoms with Crippen LogP contribution in [0.4, 0.5) is 4.39 Å². The van der Waals surface area contributed by atoms with Gasteiger partial charge in [-0.3, -0.25) is 9.48 Å². The third-order valence-electron chi connectivity index (χ3n) is 4.22. The lowest BCUT2D eigenvalue weighted by Crippen LogP contribution is -2.32. The van der Waals surface area contributed by atoms with Gasteiger partial charge in [-0.2, -0.15) is 5.10 Å². The summed E-state index contributed by atoms with van der Waals surface area (Å²) in [6.07, 6.45) is 2.21. The predicted molar refractivity (Wildman–Crippen MR) is 88.5 cm³/mol. The molecule has 24 heavy (non-hydrogen) atoms. The summed E-state index contributed by atoms with van der Waals surface area (Å²) in [6, 6.07) is 4.53. The molecule has 1 amide bonds. The summed E-state index contributed by atoms with van der Waals surface area (Å²) < 4.78 is 21.1. The van der Waals surface area contributed by atoms with Crippen LogP contribution in [0.2, 0.25) is 0 Å². The second-order valence-electron chi connectivity index (χ2n) is 6.54. The normalized spacial score (nSPS) is 16.6. The SMILES string of the molecule is Cc1c(C(=O)N[C@H]2CCOc3c(F)cccc32)cnn1CC(C)C. The summed E-state index contributed by atoms with van der Waals surface area (Å²) in [5.41, 5.74) is 2.08. The van der Waals surface area contributed by atoms with Crippen molar-refractivity contribution < 1.29 is 13.9 Å². The number of nitrogens with zero attached hydrogens (tertiary/aromatic N) is 2. The van der Waals surface area contributed by atoms with E-state index in [1.807, 2.05) is 11.6 Å². The van der Waals surface area contributed by atoms with Gasteiger partial charge in [0.05, 0.1) is 24.4 Å². The fourth-order valence-electron chi connectivity index (χ4n) is 2.97. The van der Waals surface area contributed by atoms with E-state index in [2.05, 4.69) is 24.3 Å². The van der Waals surface area contributed by atoms with Crippen molar-refractivity contribution in [2.45, 2.75) is 39.8 Å². The van der Waals surface area contributed by atoms with Crippen LogP contribution in [0, 0.1) is 18.7 Å². The van der Waals surface area contributed by atoms with Gasteiger partial charge in [0.15, 0.2) is 11.6 Å². The van der Waals surface area contributed by atoms with E-state index in [1.54, 1.807) is 18.3 Å². The van der Waals surface area contributed by atoms with Gasteiger partial charge >= 0.3 is 0 Å². The third kappa shape index (κ3) is 3.13. The van der Waals surface area contributed by atoms with Gasteiger partial charge in [0.2, 0.25) is 0 Å². The van der Waals surface area contributed by atoms with E-state index < -0.39 is 5.82 Å². The van der Waals surface area contributed by atoms with Crippen molar-refractivity contribution in [3.8, 4) is 5.75 Å². The number of halogens is 1. The molecule has 1 aliphatic heterocycles. The second-order valence-corrected chi connectivity index (χ2v) is 6.54. The van der Waals surface area contributed by atoms with Crippen LogP contribution in [0.25, 0.3) is 0 Å². The van der Waals surface area contributed by atoms with Crippen LogP contribution >= 0.6 is 0 Å². The number of aromatic nitrogens is 2. The van der Waals surface area contributed by atoms with Crippen molar-refractivity contribution in [3.05, 3.63) is 47.0 Å². The molecule has 0 aliphatic carbocycles. The van der Waals surface area contributed by atoms with E-state index in [4.69, 9.17) is 4.74 Å². The topological polar surface area (TPSA) is 56.1 Å². The molecule has 0 spiro atoms. The Morgan fingerprint density at radius 2 is 2.29 bits per heavy atom. The minimum absolute atomic E-state index is 0.190. The van der Waals surface area contributed by atoms with Crippen LogP contribution in [-0.2, 0) is 6.54 Å². The molecular weight excluding hydrogens is 309 g/mol. The Morgan fingerprint density at radius 1 is 1.50 bits per heavy atom. The Morgan fingerprint density at radius 3 is 3.04 bits per heavy atom. The maximum atomic E-state index is 13.8. The minimum atomic E-state index is -0.396. The van der Waals surface area contributed by atoms with Gasteiger partial charge in [-0.05, 0) is 18.9 Å². The van der Waals surface area contributed by atoms with Crippen LogP contribution in [-0.4, -0.2) is 22.3 Å². The number of rotatable bonds is 4. The number of hydrogen-bond acceptors (Lipinski definition) is 3. The minimum Gasteiger partial charge on any atom is -0.490 e. The number of carbonyl (C=O) groups excluding carboxylic acids is 1. The highest BCUT2D eigenvalue weighted by Gasteiger charge is 2.26. The number of nitrogens with one attached hydrogen (secondary N) is 1. The molecule has 0 unspecified atom stereocenters. The lowest BCUT2D eigenvalue weighted by molar-refractivity contribution is 0.0923. The van der Waals surface area contributed by atoms with Gasteiger partial charge in [0, 0.05) is 24.2 Å². The fourth-order valence-corrected chi connectivity index (χ4v) is 2.97. The van der Waals surface area contributed by atoms with Crippen molar-refractivity contribution in [2.75, 3.05) is 6.61 Å². The average molecular weight is 331 g/mol. The molecule has 1 aromatic carbocycles. The Bertz CT molecular complexity index is 755. The molecule has 2 heterocycles. The molecule has 2 aromatic rings. The van der Waals surface area contributed by atoms with Crippen molar-refractivity contribution in [1.82, 2.24) is 15.1 Å². The van der Waals surface area contributed by atoms with Crippen molar-refractivity contribution in [2.24, 2.45) is 5.92 Å². The highest BCUT2D eigenvalue weighted by Crippen LogP contribution is 2.34. The summed E-state index contributed by atoms with van der Waals surface area (Å²) in [4.78, 5) is 12.6. The fraction of sp³-hybridized carbons (Fsp3) is 0.444. The Kier molecular flexibility index (Phi) is 4.55. The first-order chi connectivity index (χ1) is 11.5. The third-order valence-corrected chi connectivity index (χ3v) is 4.22. The summed E-state index contributed by atoms with van der Waals surface area (Å²) in [6.45, 7) is 7.25. The van der Waals surface area contributed by atoms with Crippen LogP contribution in [0.3, 0.4) is 0 Å².